The third kappa shape index (κ3) is 3.54. The number of thiazole rings is 1. The molecule has 4 rings (SSSR count). The fourth-order valence-electron chi connectivity index (χ4n) is 2.64. The minimum atomic E-state index is -0.642. The van der Waals surface area contributed by atoms with Crippen LogP contribution < -0.4 is 0 Å². The molecule has 0 saturated carbocycles. The molecule has 2 aromatic heterocycles. The number of nitrogens with one attached hydrogen (secondary N) is 1. The first-order valence-electron chi connectivity index (χ1n) is 8.09. The van der Waals surface area contributed by atoms with Crippen LogP contribution >= 0.6 is 23.1 Å². The van der Waals surface area contributed by atoms with E-state index in [9.17, 15) is 9.90 Å². The van der Waals surface area contributed by atoms with E-state index in [1.165, 1.54) is 18.9 Å². The molecule has 27 heavy (non-hydrogen) atoms. The second-order valence-electron chi connectivity index (χ2n) is 5.65. The molecule has 0 atom stereocenters. The summed E-state index contributed by atoms with van der Waals surface area (Å²) >= 11 is 2.91. The molecule has 136 valence electrons. The van der Waals surface area contributed by atoms with Crippen molar-refractivity contribution >= 4 is 55.9 Å². The fraction of sp³-hybridized carbons (Fsp3) is 0.105. The number of aromatic amines is 1. The predicted molar refractivity (Wildman–Crippen MR) is 108 cm³/mol. The van der Waals surface area contributed by atoms with E-state index in [4.69, 9.17) is 4.74 Å². The Balaban J connectivity index is 1.65. The summed E-state index contributed by atoms with van der Waals surface area (Å²) in [5.41, 5.74) is 2.43. The molecule has 2 aromatic carbocycles. The van der Waals surface area contributed by atoms with Crippen molar-refractivity contribution in [3.05, 3.63) is 60.1 Å². The van der Waals surface area contributed by atoms with E-state index in [2.05, 4.69) is 15.0 Å². The molecule has 6 nitrogen and oxygen atoms in total. The van der Waals surface area contributed by atoms with Crippen LogP contribution in [0.3, 0.4) is 0 Å². The Bertz CT molecular complexity index is 1100. The topological polar surface area (TPSA) is 88.1 Å². The van der Waals surface area contributed by atoms with Crippen LogP contribution in [0.5, 0.6) is 0 Å². The number of aromatic nitrogens is 3. The minimum Gasteiger partial charge on any atom is -0.510 e. The molecule has 0 spiro atoms. The van der Waals surface area contributed by atoms with Gasteiger partial charge in [-0.25, -0.2) is 14.8 Å². The number of methoxy groups -OCH3 is 1. The number of esters is 1. The molecule has 2 heterocycles. The summed E-state index contributed by atoms with van der Waals surface area (Å²) in [7, 11) is 1.28. The number of benzene rings is 2. The number of thioether (sulfide) groups is 1. The monoisotopic (exact) mass is 397 g/mol. The average Bonchev–Trinajstić information content (AvgIpc) is 3.29. The standard InChI is InChI=1S/C19H15N3O3S2/c1-25-18(24)16(17-20-11-6-2-3-7-12(11)21-17)14(23)10-26-19-22-13-8-4-5-9-15(13)27-19/h2-9,23H,10H2,1H3,(H,20,21). The number of H-pyrrole nitrogens is 1. The highest BCUT2D eigenvalue weighted by molar-refractivity contribution is 8.01. The zero-order chi connectivity index (χ0) is 18.8. The van der Waals surface area contributed by atoms with Gasteiger partial charge in [0.2, 0.25) is 0 Å². The van der Waals surface area contributed by atoms with E-state index < -0.39 is 5.97 Å². The Kier molecular flexibility index (Phi) is 4.83. The van der Waals surface area contributed by atoms with Gasteiger partial charge in [0, 0.05) is 0 Å². The molecule has 0 amide bonds. The summed E-state index contributed by atoms with van der Waals surface area (Å²) in [6.45, 7) is 0. The number of carbonyl (C=O) groups is 1. The maximum Gasteiger partial charge on any atom is 0.345 e. The van der Waals surface area contributed by atoms with E-state index in [1.54, 1.807) is 11.3 Å². The van der Waals surface area contributed by atoms with Gasteiger partial charge in [0.25, 0.3) is 0 Å². The van der Waals surface area contributed by atoms with Gasteiger partial charge in [-0.3, -0.25) is 0 Å². The first-order chi connectivity index (χ1) is 13.2. The summed E-state index contributed by atoms with van der Waals surface area (Å²) in [5, 5.41) is 10.6. The summed E-state index contributed by atoms with van der Waals surface area (Å²) in [4.78, 5) is 24.2. The van der Waals surface area contributed by atoms with Crippen molar-refractivity contribution in [2.45, 2.75) is 4.34 Å². The number of imidazole rings is 1. The lowest BCUT2D eigenvalue weighted by atomic mass is 10.2. The molecule has 0 saturated heterocycles. The van der Waals surface area contributed by atoms with Crippen molar-refractivity contribution < 1.29 is 14.6 Å². The fourth-order valence-corrected chi connectivity index (χ4v) is 4.59. The third-order valence-corrected chi connectivity index (χ3v) is 6.10. The van der Waals surface area contributed by atoms with Crippen molar-refractivity contribution in [2.75, 3.05) is 12.9 Å². The number of nitrogens with zero attached hydrogens (tertiary/aromatic N) is 2. The summed E-state index contributed by atoms with van der Waals surface area (Å²) in [5.74, 6) is -0.284. The molecule has 0 radical (unpaired) electrons. The minimum absolute atomic E-state index is 0.0299. The Hall–Kier alpha value is -2.84. The lowest BCUT2D eigenvalue weighted by Crippen LogP contribution is -2.09. The van der Waals surface area contributed by atoms with E-state index in [1.807, 2.05) is 48.5 Å². The molecule has 0 fully saturated rings. The number of ether oxygens (including phenoxy) is 1. The van der Waals surface area contributed by atoms with Crippen LogP contribution in [-0.2, 0) is 9.53 Å². The second kappa shape index (κ2) is 7.42. The molecule has 8 heteroatoms. The number of aliphatic hydroxyl groups excluding tert-OH is 1. The van der Waals surface area contributed by atoms with Gasteiger partial charge in [-0.1, -0.05) is 36.0 Å². The summed E-state index contributed by atoms with van der Waals surface area (Å²) < 4.78 is 6.74. The molecular weight excluding hydrogens is 382 g/mol. The lowest BCUT2D eigenvalue weighted by Gasteiger charge is -2.06. The zero-order valence-electron chi connectivity index (χ0n) is 14.3. The number of rotatable bonds is 5. The molecule has 4 aromatic rings. The van der Waals surface area contributed by atoms with Gasteiger partial charge in [-0.2, -0.15) is 0 Å². The van der Waals surface area contributed by atoms with Gasteiger partial charge >= 0.3 is 5.97 Å². The lowest BCUT2D eigenvalue weighted by molar-refractivity contribution is -0.133. The Morgan fingerprint density at radius 3 is 2.63 bits per heavy atom. The van der Waals surface area contributed by atoms with Gasteiger partial charge in [-0.15, -0.1) is 11.3 Å². The van der Waals surface area contributed by atoms with E-state index in [-0.39, 0.29) is 22.9 Å². The van der Waals surface area contributed by atoms with E-state index in [0.29, 0.717) is 5.52 Å². The van der Waals surface area contributed by atoms with Gasteiger partial charge in [-0.05, 0) is 24.3 Å². The van der Waals surface area contributed by atoms with Crippen LogP contribution in [0.1, 0.15) is 5.82 Å². The van der Waals surface area contributed by atoms with Crippen LogP contribution in [0.4, 0.5) is 0 Å². The number of hydrogen-bond donors (Lipinski definition) is 2. The largest absolute Gasteiger partial charge is 0.510 e. The average molecular weight is 397 g/mol. The van der Waals surface area contributed by atoms with Crippen molar-refractivity contribution in [3.8, 4) is 0 Å². The molecule has 0 unspecified atom stereocenters. The normalized spacial score (nSPS) is 12.3. The molecule has 2 N–H and O–H groups in total. The third-order valence-electron chi connectivity index (χ3n) is 3.91. The number of carbonyl (C=O) groups excluding carboxylic acids is 1. The van der Waals surface area contributed by atoms with Gasteiger partial charge in [0.1, 0.15) is 17.2 Å². The molecule has 0 bridgehead atoms. The first-order valence-corrected chi connectivity index (χ1v) is 9.90. The van der Waals surface area contributed by atoms with Crippen molar-refractivity contribution in [1.29, 1.82) is 0 Å². The van der Waals surface area contributed by atoms with Crippen LogP contribution in [0.2, 0.25) is 0 Å². The van der Waals surface area contributed by atoms with Gasteiger partial charge < -0.3 is 14.8 Å². The van der Waals surface area contributed by atoms with Crippen molar-refractivity contribution in [3.63, 3.8) is 0 Å². The Labute approximate surface area is 162 Å². The highest BCUT2D eigenvalue weighted by atomic mass is 32.2. The maximum absolute atomic E-state index is 12.3. The maximum atomic E-state index is 12.3. The predicted octanol–water partition coefficient (Wildman–Crippen LogP) is 4.41. The number of fused-ring (bicyclic) bond motifs is 2. The van der Waals surface area contributed by atoms with Gasteiger partial charge in [0.15, 0.2) is 4.34 Å². The Morgan fingerprint density at radius 1 is 1.15 bits per heavy atom. The van der Waals surface area contributed by atoms with Gasteiger partial charge in [0.05, 0.1) is 34.1 Å². The zero-order valence-corrected chi connectivity index (χ0v) is 15.9. The number of hydrogen-bond acceptors (Lipinski definition) is 7. The molecule has 0 aliphatic rings. The quantitative estimate of drug-likeness (QED) is 0.224. The number of para-hydroxylation sites is 3. The van der Waals surface area contributed by atoms with Crippen LogP contribution in [0.25, 0.3) is 26.8 Å². The van der Waals surface area contributed by atoms with Crippen molar-refractivity contribution in [2.24, 2.45) is 0 Å². The second-order valence-corrected chi connectivity index (χ2v) is 7.91. The SMILES string of the molecule is COC(=O)C(=C(O)CSc1nc2ccccc2s1)c1nc2ccccc2[nH]1. The molecule has 0 aliphatic carbocycles. The summed E-state index contributed by atoms with van der Waals surface area (Å²) in [6, 6.07) is 15.3. The smallest absolute Gasteiger partial charge is 0.345 e. The molecule has 0 aliphatic heterocycles. The number of aliphatic hydroxyl groups is 1. The summed E-state index contributed by atoms with van der Waals surface area (Å²) in [6.07, 6.45) is 0. The Morgan fingerprint density at radius 2 is 1.89 bits per heavy atom. The van der Waals surface area contributed by atoms with Crippen LogP contribution in [0.15, 0.2) is 58.6 Å². The van der Waals surface area contributed by atoms with E-state index >= 15 is 0 Å². The first kappa shape index (κ1) is 17.6. The highest BCUT2D eigenvalue weighted by Gasteiger charge is 2.22. The van der Waals surface area contributed by atoms with Crippen molar-refractivity contribution in [1.82, 2.24) is 15.0 Å². The van der Waals surface area contributed by atoms with Crippen LogP contribution in [0, 0.1) is 0 Å². The van der Waals surface area contributed by atoms with E-state index in [0.717, 1.165) is 20.1 Å². The highest BCUT2D eigenvalue weighted by Crippen LogP contribution is 2.31. The van der Waals surface area contributed by atoms with Crippen LogP contribution in [-0.4, -0.2) is 38.9 Å². The molecular formula is C19H15N3O3S2.